The van der Waals surface area contributed by atoms with Gasteiger partial charge in [0, 0.05) is 13.2 Å². The molecule has 1 saturated heterocycles. The molecular formula is C20H24N2O4. The molecule has 1 atom stereocenters. The molecule has 0 unspecified atom stereocenters. The summed E-state index contributed by atoms with van der Waals surface area (Å²) in [4.78, 5) is 23.7. The summed E-state index contributed by atoms with van der Waals surface area (Å²) in [5, 5.41) is 11.8. The summed E-state index contributed by atoms with van der Waals surface area (Å²) in [5.41, 5.74) is 1.76. The van der Waals surface area contributed by atoms with E-state index in [4.69, 9.17) is 9.47 Å². The second-order valence-corrected chi connectivity index (χ2v) is 6.51. The molecule has 6 heteroatoms. The number of carbonyl (C=O) groups excluding carboxylic acids is 2. The number of hydrogen-bond donors (Lipinski definition) is 1. The summed E-state index contributed by atoms with van der Waals surface area (Å²) < 4.78 is 10.3. The number of hydrogen-bond acceptors (Lipinski definition) is 5. The number of benzene rings is 1. The smallest absolute Gasteiger partial charge is 0.349 e. The Morgan fingerprint density at radius 3 is 2.69 bits per heavy atom. The Bertz CT molecular complexity index is 696. The van der Waals surface area contributed by atoms with Crippen LogP contribution in [0, 0.1) is 11.3 Å². The van der Waals surface area contributed by atoms with Crippen LogP contribution in [0.3, 0.4) is 0 Å². The number of nitriles is 1. The fourth-order valence-corrected chi connectivity index (χ4v) is 2.57. The van der Waals surface area contributed by atoms with Crippen molar-refractivity contribution >= 4 is 18.0 Å². The van der Waals surface area contributed by atoms with Crippen LogP contribution in [-0.2, 0) is 19.1 Å². The van der Waals surface area contributed by atoms with Gasteiger partial charge in [-0.2, -0.15) is 5.26 Å². The normalized spacial score (nSPS) is 17.0. The van der Waals surface area contributed by atoms with Crippen molar-refractivity contribution in [3.8, 4) is 6.07 Å². The van der Waals surface area contributed by atoms with E-state index in [1.54, 1.807) is 0 Å². The summed E-state index contributed by atoms with van der Waals surface area (Å²) in [6.07, 6.45) is 3.38. The molecule has 26 heavy (non-hydrogen) atoms. The lowest BCUT2D eigenvalue weighted by Crippen LogP contribution is -2.34. The minimum atomic E-state index is -0.812. The molecule has 1 N–H and O–H groups in total. The first-order valence-electron chi connectivity index (χ1n) is 8.76. The molecule has 0 aromatic heterocycles. The van der Waals surface area contributed by atoms with Gasteiger partial charge in [0.25, 0.3) is 5.91 Å². The number of rotatable bonds is 7. The fourth-order valence-electron chi connectivity index (χ4n) is 2.57. The van der Waals surface area contributed by atoms with Gasteiger partial charge < -0.3 is 14.8 Å². The van der Waals surface area contributed by atoms with Gasteiger partial charge in [-0.1, -0.05) is 38.1 Å². The predicted molar refractivity (Wildman–Crippen MR) is 97.1 cm³/mol. The molecular weight excluding hydrogens is 332 g/mol. The Labute approximate surface area is 153 Å². The van der Waals surface area contributed by atoms with E-state index < -0.39 is 18.5 Å². The topological polar surface area (TPSA) is 88.4 Å². The van der Waals surface area contributed by atoms with Crippen LogP contribution in [0.5, 0.6) is 0 Å². The van der Waals surface area contributed by atoms with Crippen molar-refractivity contribution in [3.63, 3.8) is 0 Å². The minimum Gasteiger partial charge on any atom is -0.451 e. The van der Waals surface area contributed by atoms with Gasteiger partial charge in [-0.05, 0) is 36.0 Å². The standard InChI is InChI=1S/C20H24N2O4/c1-14(2)16-7-5-15(6-8-16)10-17(11-21)20(24)26-13-19(23)22-12-18-4-3-9-25-18/h5-8,10,14,18H,3-4,9,12-13H2,1-2H3,(H,22,23)/b17-10+/t18-/m0/s1. The monoisotopic (exact) mass is 356 g/mol. The largest absolute Gasteiger partial charge is 0.451 e. The van der Waals surface area contributed by atoms with E-state index in [0.29, 0.717) is 19.1 Å². The first-order valence-corrected chi connectivity index (χ1v) is 8.76. The zero-order valence-electron chi connectivity index (χ0n) is 15.2. The van der Waals surface area contributed by atoms with Crippen molar-refractivity contribution in [2.75, 3.05) is 19.8 Å². The Morgan fingerprint density at radius 1 is 1.38 bits per heavy atom. The van der Waals surface area contributed by atoms with E-state index in [1.165, 1.54) is 11.6 Å². The first-order chi connectivity index (χ1) is 12.5. The number of nitrogens with zero attached hydrogens (tertiary/aromatic N) is 1. The number of amides is 1. The van der Waals surface area contributed by atoms with Crippen LogP contribution in [0.15, 0.2) is 29.8 Å². The third kappa shape index (κ3) is 6.01. The molecule has 1 aliphatic heterocycles. The molecule has 6 nitrogen and oxygen atoms in total. The molecule has 1 aromatic rings. The van der Waals surface area contributed by atoms with Gasteiger partial charge in [-0.25, -0.2) is 4.79 Å². The number of ether oxygens (including phenoxy) is 2. The zero-order chi connectivity index (χ0) is 18.9. The highest BCUT2D eigenvalue weighted by Crippen LogP contribution is 2.16. The lowest BCUT2D eigenvalue weighted by atomic mass is 10.0. The van der Waals surface area contributed by atoms with E-state index in [-0.39, 0.29) is 11.7 Å². The summed E-state index contributed by atoms with van der Waals surface area (Å²) >= 11 is 0. The van der Waals surface area contributed by atoms with Crippen LogP contribution < -0.4 is 5.32 Å². The van der Waals surface area contributed by atoms with E-state index in [0.717, 1.165) is 18.4 Å². The van der Waals surface area contributed by atoms with Crippen molar-refractivity contribution in [2.24, 2.45) is 0 Å². The lowest BCUT2D eigenvalue weighted by molar-refractivity contribution is -0.144. The van der Waals surface area contributed by atoms with Crippen LogP contribution >= 0.6 is 0 Å². The average Bonchev–Trinajstić information content (AvgIpc) is 3.16. The molecule has 1 fully saturated rings. The van der Waals surface area contributed by atoms with E-state index in [2.05, 4.69) is 19.2 Å². The maximum absolute atomic E-state index is 12.0. The van der Waals surface area contributed by atoms with Gasteiger partial charge in [0.05, 0.1) is 6.10 Å². The van der Waals surface area contributed by atoms with Gasteiger partial charge in [-0.15, -0.1) is 0 Å². The highest BCUT2D eigenvalue weighted by Gasteiger charge is 2.17. The number of carbonyl (C=O) groups is 2. The van der Waals surface area contributed by atoms with E-state index in [1.807, 2.05) is 30.3 Å². The van der Waals surface area contributed by atoms with Gasteiger partial charge in [0.1, 0.15) is 11.6 Å². The quantitative estimate of drug-likeness (QED) is 0.461. The van der Waals surface area contributed by atoms with Crippen molar-refractivity contribution in [3.05, 3.63) is 41.0 Å². The van der Waals surface area contributed by atoms with Gasteiger partial charge in [-0.3, -0.25) is 4.79 Å². The molecule has 1 amide bonds. The SMILES string of the molecule is CC(C)c1ccc(/C=C(\C#N)C(=O)OCC(=O)NC[C@@H]2CCCO2)cc1. The molecule has 0 aliphatic carbocycles. The van der Waals surface area contributed by atoms with Crippen LogP contribution in [0.2, 0.25) is 0 Å². The second-order valence-electron chi connectivity index (χ2n) is 6.51. The number of nitrogens with one attached hydrogen (secondary N) is 1. The predicted octanol–water partition coefficient (Wildman–Crippen LogP) is 2.56. The zero-order valence-corrected chi connectivity index (χ0v) is 15.2. The van der Waals surface area contributed by atoms with Gasteiger partial charge in [0.2, 0.25) is 0 Å². The molecule has 1 heterocycles. The maximum Gasteiger partial charge on any atom is 0.349 e. The molecule has 0 spiro atoms. The van der Waals surface area contributed by atoms with Crippen molar-refractivity contribution in [1.82, 2.24) is 5.32 Å². The van der Waals surface area contributed by atoms with Crippen LogP contribution in [0.25, 0.3) is 6.08 Å². The Balaban J connectivity index is 1.85. The van der Waals surface area contributed by atoms with Crippen LogP contribution in [-0.4, -0.2) is 37.7 Å². The summed E-state index contributed by atoms with van der Waals surface area (Å²) in [6.45, 7) is 4.87. The van der Waals surface area contributed by atoms with Gasteiger partial charge in [0.15, 0.2) is 6.61 Å². The average molecular weight is 356 g/mol. The Kier molecular flexibility index (Phi) is 7.37. The van der Waals surface area contributed by atoms with Crippen molar-refractivity contribution in [2.45, 2.75) is 38.7 Å². The van der Waals surface area contributed by atoms with Crippen LogP contribution in [0.4, 0.5) is 0 Å². The number of esters is 1. The molecule has 1 aliphatic rings. The second kappa shape index (κ2) is 9.73. The minimum absolute atomic E-state index is 0.0260. The summed E-state index contributed by atoms with van der Waals surface area (Å²) in [6, 6.07) is 9.41. The molecule has 0 bridgehead atoms. The Hall–Kier alpha value is -2.65. The van der Waals surface area contributed by atoms with Crippen LogP contribution in [0.1, 0.15) is 43.7 Å². The van der Waals surface area contributed by atoms with Gasteiger partial charge >= 0.3 is 5.97 Å². The highest BCUT2D eigenvalue weighted by molar-refractivity contribution is 5.98. The summed E-state index contributed by atoms with van der Waals surface area (Å²) in [7, 11) is 0. The Morgan fingerprint density at radius 2 is 2.12 bits per heavy atom. The van der Waals surface area contributed by atoms with E-state index in [9.17, 15) is 14.9 Å². The third-order valence-corrected chi connectivity index (χ3v) is 4.14. The fraction of sp³-hybridized carbons (Fsp3) is 0.450. The lowest BCUT2D eigenvalue weighted by Gasteiger charge is -2.10. The maximum atomic E-state index is 12.0. The summed E-state index contributed by atoms with van der Waals surface area (Å²) in [5.74, 6) is -0.818. The molecule has 0 saturated carbocycles. The van der Waals surface area contributed by atoms with E-state index >= 15 is 0 Å². The molecule has 0 radical (unpaired) electrons. The highest BCUT2D eigenvalue weighted by atomic mass is 16.5. The first kappa shape index (κ1) is 19.7. The third-order valence-electron chi connectivity index (χ3n) is 4.14. The molecule has 1 aromatic carbocycles. The molecule has 2 rings (SSSR count). The van der Waals surface area contributed by atoms with Crippen molar-refractivity contribution in [1.29, 1.82) is 5.26 Å². The van der Waals surface area contributed by atoms with Crippen molar-refractivity contribution < 1.29 is 19.1 Å². The molecule has 138 valence electrons.